The van der Waals surface area contributed by atoms with Crippen molar-refractivity contribution in [1.82, 2.24) is 0 Å². The minimum atomic E-state index is -1.14. The number of hydrogen-bond acceptors (Lipinski definition) is 6. The van der Waals surface area contributed by atoms with Gasteiger partial charge in [0.2, 0.25) is 0 Å². The number of nitrogens with one attached hydrogen (secondary N) is 1. The Bertz CT molecular complexity index is 930. The Kier molecular flexibility index (Phi) is 5.49. The fraction of sp³-hybridized carbons (Fsp3) is 0.300. The van der Waals surface area contributed by atoms with Gasteiger partial charge in [0.15, 0.2) is 0 Å². The lowest BCUT2D eigenvalue weighted by Gasteiger charge is -2.16. The van der Waals surface area contributed by atoms with Gasteiger partial charge in [-0.15, -0.1) is 0 Å². The Labute approximate surface area is 156 Å². The summed E-state index contributed by atoms with van der Waals surface area (Å²) in [5.41, 5.74) is 1.09. The molecule has 0 aliphatic carbocycles. The highest BCUT2D eigenvalue weighted by atomic mass is 16.5. The number of nitrogens with zero attached hydrogens (tertiary/aromatic N) is 1. The Morgan fingerprint density at radius 1 is 1.07 bits per heavy atom. The number of ether oxygens (including phenoxy) is 2. The Balaban J connectivity index is 2.08. The molecule has 0 fully saturated rings. The van der Waals surface area contributed by atoms with Gasteiger partial charge in [-0.2, -0.15) is 0 Å². The van der Waals surface area contributed by atoms with E-state index >= 15 is 0 Å². The lowest BCUT2D eigenvalue weighted by Crippen LogP contribution is -2.36. The molecule has 1 N–H and O–H groups in total. The number of benzene rings is 2. The number of aliphatic imine (C=N–C) groups is 1. The van der Waals surface area contributed by atoms with Crippen LogP contribution in [0.5, 0.6) is 0 Å². The number of carbonyl (C=O) groups is 3. The van der Waals surface area contributed by atoms with Crippen molar-refractivity contribution in [3.8, 4) is 0 Å². The molecule has 7 nitrogen and oxygen atoms in total. The summed E-state index contributed by atoms with van der Waals surface area (Å²) in [5.74, 6) is -2.96. The zero-order valence-electron chi connectivity index (χ0n) is 15.2. The second-order valence-electron chi connectivity index (χ2n) is 5.95. The van der Waals surface area contributed by atoms with Crippen LogP contribution in [-0.4, -0.2) is 36.8 Å². The van der Waals surface area contributed by atoms with Crippen LogP contribution < -0.4 is 5.32 Å². The molecule has 2 aromatic rings. The second-order valence-corrected chi connectivity index (χ2v) is 5.95. The molecule has 0 bridgehead atoms. The number of hydrogen-bond donors (Lipinski definition) is 1. The normalized spacial score (nSPS) is 14.0. The van der Waals surface area contributed by atoms with Gasteiger partial charge in [0.05, 0.1) is 31.0 Å². The summed E-state index contributed by atoms with van der Waals surface area (Å²) in [6, 6.07) is 11.0. The van der Waals surface area contributed by atoms with Crippen molar-refractivity contribution in [2.45, 2.75) is 20.3 Å². The number of amides is 1. The van der Waals surface area contributed by atoms with Crippen molar-refractivity contribution in [2.75, 3.05) is 18.5 Å². The SMILES string of the molecule is CCOC(=O)C[C@H](C(=O)OCC)C1=Nc2cccc3cccc(c23)NC1=O. The minimum absolute atomic E-state index is 0.0646. The molecule has 7 heteroatoms. The van der Waals surface area contributed by atoms with Crippen molar-refractivity contribution in [2.24, 2.45) is 10.9 Å². The first-order chi connectivity index (χ1) is 13.0. The predicted molar refractivity (Wildman–Crippen MR) is 101 cm³/mol. The van der Waals surface area contributed by atoms with Crippen molar-refractivity contribution >= 4 is 45.7 Å². The van der Waals surface area contributed by atoms with Gasteiger partial charge in [0.25, 0.3) is 5.91 Å². The van der Waals surface area contributed by atoms with Crippen LogP contribution in [0.4, 0.5) is 11.4 Å². The lowest BCUT2D eigenvalue weighted by atomic mass is 9.98. The number of esters is 2. The van der Waals surface area contributed by atoms with Gasteiger partial charge in [-0.25, -0.2) is 4.99 Å². The molecular formula is C20H20N2O5. The maximum Gasteiger partial charge on any atom is 0.315 e. The Morgan fingerprint density at radius 3 is 2.48 bits per heavy atom. The van der Waals surface area contributed by atoms with Crippen LogP contribution in [0.15, 0.2) is 41.4 Å². The standard InChI is InChI=1S/C20H20N2O5/c1-3-26-16(23)11-13(20(25)27-4-2)18-19(24)22-15-10-6-8-12-7-5-9-14(21-18)17(12)15/h5-10,13H,3-4,11H2,1-2H3,(H,22,24)/t13-/m0/s1. The summed E-state index contributed by atoms with van der Waals surface area (Å²) in [7, 11) is 0. The average Bonchev–Trinajstić information content (AvgIpc) is 2.78. The predicted octanol–water partition coefficient (Wildman–Crippen LogP) is 3.00. The largest absolute Gasteiger partial charge is 0.466 e. The molecule has 140 valence electrons. The quantitative estimate of drug-likeness (QED) is 0.791. The van der Waals surface area contributed by atoms with Crippen molar-refractivity contribution < 1.29 is 23.9 Å². The highest BCUT2D eigenvalue weighted by molar-refractivity contribution is 6.48. The van der Waals surface area contributed by atoms with E-state index in [-0.39, 0.29) is 25.3 Å². The summed E-state index contributed by atoms with van der Waals surface area (Å²) in [6.45, 7) is 3.63. The highest BCUT2D eigenvalue weighted by Gasteiger charge is 2.35. The minimum Gasteiger partial charge on any atom is -0.466 e. The van der Waals surface area contributed by atoms with Crippen LogP contribution in [0, 0.1) is 5.92 Å². The highest BCUT2D eigenvalue weighted by Crippen LogP contribution is 2.35. The molecule has 0 spiro atoms. The molecule has 27 heavy (non-hydrogen) atoms. The summed E-state index contributed by atoms with van der Waals surface area (Å²) >= 11 is 0. The Hall–Kier alpha value is -3.22. The average molecular weight is 368 g/mol. The first-order valence-electron chi connectivity index (χ1n) is 8.79. The monoisotopic (exact) mass is 368 g/mol. The summed E-state index contributed by atoms with van der Waals surface area (Å²) in [5, 5.41) is 4.48. The van der Waals surface area contributed by atoms with Crippen LogP contribution in [0.1, 0.15) is 20.3 Å². The third-order valence-corrected chi connectivity index (χ3v) is 4.18. The summed E-state index contributed by atoms with van der Waals surface area (Å²) < 4.78 is 10.0. The molecule has 0 saturated heterocycles. The van der Waals surface area contributed by atoms with Gasteiger partial charge >= 0.3 is 11.9 Å². The lowest BCUT2D eigenvalue weighted by molar-refractivity contribution is -0.152. The van der Waals surface area contributed by atoms with Crippen molar-refractivity contribution in [3.63, 3.8) is 0 Å². The third-order valence-electron chi connectivity index (χ3n) is 4.18. The van der Waals surface area contributed by atoms with E-state index < -0.39 is 23.8 Å². The van der Waals surface area contributed by atoms with E-state index in [1.165, 1.54) is 0 Å². The van der Waals surface area contributed by atoms with E-state index in [4.69, 9.17) is 9.47 Å². The molecular weight excluding hydrogens is 348 g/mol. The second kappa shape index (κ2) is 7.99. The van der Waals surface area contributed by atoms with E-state index in [1.807, 2.05) is 24.3 Å². The fourth-order valence-electron chi connectivity index (χ4n) is 3.04. The van der Waals surface area contributed by atoms with Gasteiger partial charge < -0.3 is 14.8 Å². The zero-order chi connectivity index (χ0) is 19.4. The maximum atomic E-state index is 12.8. The maximum absolute atomic E-state index is 12.8. The molecule has 0 aromatic heterocycles. The van der Waals surface area contributed by atoms with E-state index in [2.05, 4.69) is 10.3 Å². The van der Waals surface area contributed by atoms with Crippen LogP contribution in [0.3, 0.4) is 0 Å². The molecule has 1 aliphatic rings. The van der Waals surface area contributed by atoms with E-state index in [1.54, 1.807) is 26.0 Å². The zero-order valence-corrected chi connectivity index (χ0v) is 15.2. The van der Waals surface area contributed by atoms with Gasteiger partial charge in [-0.1, -0.05) is 24.3 Å². The molecule has 1 amide bonds. The van der Waals surface area contributed by atoms with Gasteiger partial charge in [0, 0.05) is 5.39 Å². The third kappa shape index (κ3) is 3.81. The van der Waals surface area contributed by atoms with Gasteiger partial charge in [0.1, 0.15) is 11.6 Å². The molecule has 0 saturated carbocycles. The van der Waals surface area contributed by atoms with Gasteiger partial charge in [-0.05, 0) is 31.4 Å². The topological polar surface area (TPSA) is 94.1 Å². The van der Waals surface area contributed by atoms with Crippen molar-refractivity contribution in [3.05, 3.63) is 36.4 Å². The van der Waals surface area contributed by atoms with Gasteiger partial charge in [-0.3, -0.25) is 14.4 Å². The molecule has 2 aromatic carbocycles. The molecule has 1 atom stereocenters. The number of anilines is 1. The van der Waals surface area contributed by atoms with Crippen LogP contribution >= 0.6 is 0 Å². The van der Waals surface area contributed by atoms with Crippen molar-refractivity contribution in [1.29, 1.82) is 0 Å². The first-order valence-corrected chi connectivity index (χ1v) is 8.79. The number of carbonyl (C=O) groups excluding carboxylic acids is 3. The molecule has 3 rings (SSSR count). The molecule has 0 radical (unpaired) electrons. The smallest absolute Gasteiger partial charge is 0.315 e. The summed E-state index contributed by atoms with van der Waals surface area (Å²) in [4.78, 5) is 41.7. The van der Waals surface area contributed by atoms with Crippen LogP contribution in [0.25, 0.3) is 10.8 Å². The van der Waals surface area contributed by atoms with Crippen LogP contribution in [0.2, 0.25) is 0 Å². The number of rotatable bonds is 6. The van der Waals surface area contributed by atoms with E-state index in [9.17, 15) is 14.4 Å². The Morgan fingerprint density at radius 2 is 1.78 bits per heavy atom. The summed E-state index contributed by atoms with van der Waals surface area (Å²) in [6.07, 6.45) is -0.314. The molecule has 1 aliphatic heterocycles. The first kappa shape index (κ1) is 18.6. The van der Waals surface area contributed by atoms with E-state index in [0.29, 0.717) is 11.4 Å². The van der Waals surface area contributed by atoms with E-state index in [0.717, 1.165) is 10.8 Å². The fourth-order valence-corrected chi connectivity index (χ4v) is 3.04. The van der Waals surface area contributed by atoms with Crippen LogP contribution in [-0.2, 0) is 23.9 Å². The molecule has 0 unspecified atom stereocenters. The molecule has 1 heterocycles.